The zero-order chi connectivity index (χ0) is 15.5. The first-order valence-electron chi connectivity index (χ1n) is 7.67. The summed E-state index contributed by atoms with van der Waals surface area (Å²) in [4.78, 5) is 13.9. The van der Waals surface area contributed by atoms with E-state index in [4.69, 9.17) is 5.11 Å². The fourth-order valence-corrected chi connectivity index (χ4v) is 2.58. The van der Waals surface area contributed by atoms with Gasteiger partial charge in [0.2, 0.25) is 5.95 Å². The fraction of sp³-hybridized carbons (Fsp3) is 0.643. The van der Waals surface area contributed by atoms with Crippen LogP contribution < -0.4 is 10.2 Å². The molecule has 2 N–H and O–H groups in total. The molecule has 0 unspecified atom stereocenters. The van der Waals surface area contributed by atoms with Gasteiger partial charge in [0.25, 0.3) is 0 Å². The number of aliphatic hydroxyl groups is 1. The van der Waals surface area contributed by atoms with E-state index in [9.17, 15) is 0 Å². The first kappa shape index (κ1) is 15.0. The van der Waals surface area contributed by atoms with Crippen LogP contribution in [0.1, 0.15) is 6.42 Å². The highest BCUT2D eigenvalue weighted by Gasteiger charge is 2.19. The minimum absolute atomic E-state index is 0.166. The number of hydrogen-bond donors (Lipinski definition) is 2. The molecule has 22 heavy (non-hydrogen) atoms. The van der Waals surface area contributed by atoms with Gasteiger partial charge in [-0.3, -0.25) is 4.68 Å². The Kier molecular flexibility index (Phi) is 4.39. The normalized spacial score (nSPS) is 16.4. The predicted octanol–water partition coefficient (Wildman–Crippen LogP) is -0.0906. The Morgan fingerprint density at radius 3 is 2.68 bits per heavy atom. The van der Waals surface area contributed by atoms with Crippen LogP contribution in [0.5, 0.6) is 0 Å². The molecule has 2 aromatic rings. The van der Waals surface area contributed by atoms with Gasteiger partial charge in [0.1, 0.15) is 5.82 Å². The number of anilines is 2. The summed E-state index contributed by atoms with van der Waals surface area (Å²) in [5.74, 6) is 1.54. The minimum Gasteiger partial charge on any atom is -0.396 e. The van der Waals surface area contributed by atoms with Crippen molar-refractivity contribution in [3.05, 3.63) is 6.20 Å². The second-order valence-electron chi connectivity index (χ2n) is 5.67. The van der Waals surface area contributed by atoms with Gasteiger partial charge in [-0.15, -0.1) is 0 Å². The van der Waals surface area contributed by atoms with Crippen molar-refractivity contribution in [3.8, 4) is 0 Å². The van der Waals surface area contributed by atoms with Crippen LogP contribution in [0.2, 0.25) is 0 Å². The number of rotatable bonds is 5. The highest BCUT2D eigenvalue weighted by molar-refractivity contribution is 5.87. The number of nitrogens with one attached hydrogen (secondary N) is 1. The average molecular weight is 305 g/mol. The maximum Gasteiger partial charge on any atom is 0.229 e. The Morgan fingerprint density at radius 1 is 1.18 bits per heavy atom. The Balaban J connectivity index is 1.91. The summed E-state index contributed by atoms with van der Waals surface area (Å²) in [5, 5.41) is 17.4. The maximum absolute atomic E-state index is 8.94. The van der Waals surface area contributed by atoms with E-state index in [1.807, 2.05) is 7.05 Å². The molecular formula is C14H23N7O. The Hall–Kier alpha value is -1.93. The summed E-state index contributed by atoms with van der Waals surface area (Å²) in [6.45, 7) is 4.73. The van der Waals surface area contributed by atoms with Gasteiger partial charge in [-0.2, -0.15) is 15.1 Å². The summed E-state index contributed by atoms with van der Waals surface area (Å²) in [7, 11) is 4.02. The van der Waals surface area contributed by atoms with Crippen molar-refractivity contribution < 1.29 is 5.11 Å². The predicted molar refractivity (Wildman–Crippen MR) is 86.2 cm³/mol. The molecule has 120 valence electrons. The topological polar surface area (TPSA) is 82.3 Å². The molecule has 2 aromatic heterocycles. The van der Waals surface area contributed by atoms with E-state index < -0.39 is 0 Å². The fourth-order valence-electron chi connectivity index (χ4n) is 2.58. The summed E-state index contributed by atoms with van der Waals surface area (Å²) < 4.78 is 1.77. The van der Waals surface area contributed by atoms with Gasteiger partial charge in [0, 0.05) is 46.4 Å². The SMILES string of the molecule is CN1CCN(c2nc(NCCCO)c3cnn(C)c3n2)CC1. The molecular weight excluding hydrogens is 282 g/mol. The largest absolute Gasteiger partial charge is 0.396 e. The quantitative estimate of drug-likeness (QED) is 0.747. The number of hydrogen-bond acceptors (Lipinski definition) is 7. The zero-order valence-electron chi connectivity index (χ0n) is 13.2. The highest BCUT2D eigenvalue weighted by Crippen LogP contribution is 2.23. The third kappa shape index (κ3) is 2.97. The third-order valence-corrected chi connectivity index (χ3v) is 3.99. The first-order chi connectivity index (χ1) is 10.7. The van der Waals surface area contributed by atoms with E-state index in [0.29, 0.717) is 13.0 Å². The molecule has 0 atom stereocenters. The standard InChI is InChI=1S/C14H23N7O/c1-19-5-7-21(8-6-19)14-17-12(15-4-3-9-22)11-10-16-20(2)13(11)18-14/h10,22H,3-9H2,1-2H3,(H,15,17,18). The van der Waals surface area contributed by atoms with Crippen molar-refractivity contribution in [2.75, 3.05) is 56.6 Å². The van der Waals surface area contributed by atoms with Gasteiger partial charge in [0.15, 0.2) is 5.65 Å². The molecule has 8 nitrogen and oxygen atoms in total. The number of likely N-dealkylation sites (N-methyl/N-ethyl adjacent to an activating group) is 1. The molecule has 0 saturated carbocycles. The van der Waals surface area contributed by atoms with Gasteiger partial charge in [0.05, 0.1) is 11.6 Å². The summed E-state index contributed by atoms with van der Waals surface area (Å²) in [5.41, 5.74) is 0.829. The van der Waals surface area contributed by atoms with Crippen molar-refractivity contribution in [1.29, 1.82) is 0 Å². The van der Waals surface area contributed by atoms with Crippen LogP contribution >= 0.6 is 0 Å². The van der Waals surface area contributed by atoms with Gasteiger partial charge >= 0.3 is 0 Å². The lowest BCUT2D eigenvalue weighted by Crippen LogP contribution is -2.45. The van der Waals surface area contributed by atoms with Crippen molar-refractivity contribution >= 4 is 22.8 Å². The number of fused-ring (bicyclic) bond motifs is 1. The van der Waals surface area contributed by atoms with Crippen LogP contribution in [-0.4, -0.2) is 76.1 Å². The van der Waals surface area contributed by atoms with Crippen LogP contribution in [0.15, 0.2) is 6.20 Å². The minimum atomic E-state index is 0.166. The molecule has 0 bridgehead atoms. The lowest BCUT2D eigenvalue weighted by molar-refractivity contribution is 0.292. The summed E-state index contributed by atoms with van der Waals surface area (Å²) in [6.07, 6.45) is 2.47. The lowest BCUT2D eigenvalue weighted by atomic mass is 10.3. The van der Waals surface area contributed by atoms with Crippen LogP contribution in [-0.2, 0) is 7.05 Å². The monoisotopic (exact) mass is 305 g/mol. The molecule has 8 heteroatoms. The van der Waals surface area contributed by atoms with Crippen LogP contribution in [0.3, 0.4) is 0 Å². The third-order valence-electron chi connectivity index (χ3n) is 3.99. The molecule has 0 spiro atoms. The molecule has 3 heterocycles. The molecule has 3 rings (SSSR count). The Morgan fingerprint density at radius 2 is 1.95 bits per heavy atom. The molecule has 1 aliphatic heterocycles. The van der Waals surface area contributed by atoms with Crippen LogP contribution in [0.25, 0.3) is 11.0 Å². The smallest absolute Gasteiger partial charge is 0.229 e. The van der Waals surface area contributed by atoms with Crippen molar-refractivity contribution in [3.63, 3.8) is 0 Å². The van der Waals surface area contributed by atoms with Gasteiger partial charge < -0.3 is 20.2 Å². The van der Waals surface area contributed by atoms with E-state index in [-0.39, 0.29) is 6.61 Å². The van der Waals surface area contributed by atoms with E-state index in [0.717, 1.165) is 49.0 Å². The van der Waals surface area contributed by atoms with Crippen LogP contribution in [0, 0.1) is 0 Å². The van der Waals surface area contributed by atoms with E-state index >= 15 is 0 Å². The van der Waals surface area contributed by atoms with Gasteiger partial charge in [-0.05, 0) is 13.5 Å². The molecule has 0 radical (unpaired) electrons. The number of aliphatic hydroxyl groups excluding tert-OH is 1. The number of piperazine rings is 1. The molecule has 0 amide bonds. The van der Waals surface area contributed by atoms with Crippen molar-refractivity contribution in [1.82, 2.24) is 24.6 Å². The highest BCUT2D eigenvalue weighted by atomic mass is 16.3. The Labute approximate surface area is 129 Å². The number of nitrogens with zero attached hydrogens (tertiary/aromatic N) is 6. The van der Waals surface area contributed by atoms with Gasteiger partial charge in [-0.1, -0.05) is 0 Å². The van der Waals surface area contributed by atoms with Gasteiger partial charge in [-0.25, -0.2) is 0 Å². The summed E-state index contributed by atoms with van der Waals surface area (Å²) in [6, 6.07) is 0. The van der Waals surface area contributed by atoms with E-state index in [1.165, 1.54) is 0 Å². The molecule has 0 aliphatic carbocycles. The van der Waals surface area contributed by atoms with Crippen molar-refractivity contribution in [2.45, 2.75) is 6.42 Å². The number of aromatic nitrogens is 4. The van der Waals surface area contributed by atoms with E-state index in [1.54, 1.807) is 10.9 Å². The average Bonchev–Trinajstić information content (AvgIpc) is 2.90. The maximum atomic E-state index is 8.94. The molecule has 0 aromatic carbocycles. The molecule has 1 aliphatic rings. The van der Waals surface area contributed by atoms with Crippen molar-refractivity contribution in [2.24, 2.45) is 7.05 Å². The lowest BCUT2D eigenvalue weighted by Gasteiger charge is -2.32. The molecule has 1 saturated heterocycles. The van der Waals surface area contributed by atoms with Crippen LogP contribution in [0.4, 0.5) is 11.8 Å². The summed E-state index contributed by atoms with van der Waals surface area (Å²) >= 11 is 0. The first-order valence-corrected chi connectivity index (χ1v) is 7.67. The number of aryl methyl sites for hydroxylation is 1. The second-order valence-corrected chi connectivity index (χ2v) is 5.67. The zero-order valence-corrected chi connectivity index (χ0v) is 13.2. The second kappa shape index (κ2) is 6.45. The Bertz CT molecular complexity index is 633. The van der Waals surface area contributed by atoms with E-state index in [2.05, 4.69) is 37.2 Å². The molecule has 1 fully saturated rings.